The quantitative estimate of drug-likeness (QED) is 0.813. The van der Waals surface area contributed by atoms with Gasteiger partial charge in [0, 0.05) is 19.4 Å². The molecule has 114 valence electrons. The number of nitrogens with one attached hydrogen (secondary N) is 1. The van der Waals surface area contributed by atoms with Crippen LogP contribution in [0.4, 0.5) is 0 Å². The monoisotopic (exact) mass is 300 g/mol. The number of hydrogen-bond acceptors (Lipinski definition) is 5. The summed E-state index contributed by atoms with van der Waals surface area (Å²) in [6.07, 6.45) is 4.87. The van der Waals surface area contributed by atoms with E-state index >= 15 is 0 Å². The number of carbonyl (C=O) groups excluding carboxylic acids is 1. The lowest BCUT2D eigenvalue weighted by molar-refractivity contribution is -0.149. The molecule has 0 aromatic carbocycles. The third-order valence-electron chi connectivity index (χ3n) is 4.90. The first-order valence-electron chi connectivity index (χ1n) is 7.58. The molecule has 3 unspecified atom stereocenters. The number of fused-ring (bicyclic) bond motifs is 1. The summed E-state index contributed by atoms with van der Waals surface area (Å²) in [5, 5.41) is 13.4. The van der Waals surface area contributed by atoms with E-state index in [9.17, 15) is 9.90 Å². The van der Waals surface area contributed by atoms with Gasteiger partial charge < -0.3 is 14.7 Å². The van der Waals surface area contributed by atoms with Gasteiger partial charge in [0.2, 0.25) is 5.91 Å². The Balaban J connectivity index is 1.58. The molecule has 5 nitrogen and oxygen atoms in total. The minimum Gasteiger partial charge on any atom is -0.381 e. The molecule has 2 aliphatic heterocycles. The maximum atomic E-state index is 12.5. The molecule has 3 aliphatic rings. The summed E-state index contributed by atoms with van der Waals surface area (Å²) in [6, 6.07) is 0. The molecule has 1 aliphatic carbocycles. The van der Waals surface area contributed by atoms with Crippen molar-refractivity contribution in [2.75, 3.05) is 19.4 Å². The standard InChI is InChI=1S/C14H24N2O3S/c1-19-10-4-2-9(3-5-10)8-11-12(17)15-14-16(13(11)18)6-7-20-14/h9-12,14-15,17H,2-8H2,1H3. The van der Waals surface area contributed by atoms with Gasteiger partial charge in [-0.05, 0) is 38.0 Å². The molecule has 0 aromatic rings. The Morgan fingerprint density at radius 3 is 2.85 bits per heavy atom. The Bertz CT molecular complexity index is 360. The molecule has 2 saturated heterocycles. The van der Waals surface area contributed by atoms with Gasteiger partial charge in [-0.3, -0.25) is 10.1 Å². The maximum absolute atomic E-state index is 12.5. The van der Waals surface area contributed by atoms with Gasteiger partial charge in [0.1, 0.15) is 11.7 Å². The predicted octanol–water partition coefficient (Wildman–Crippen LogP) is 0.978. The predicted molar refractivity (Wildman–Crippen MR) is 78.0 cm³/mol. The molecule has 20 heavy (non-hydrogen) atoms. The normalized spacial score (nSPS) is 41.8. The average Bonchev–Trinajstić information content (AvgIpc) is 2.92. The van der Waals surface area contributed by atoms with E-state index in [2.05, 4.69) is 5.32 Å². The minimum absolute atomic E-state index is 0.0158. The van der Waals surface area contributed by atoms with Gasteiger partial charge in [-0.1, -0.05) is 0 Å². The van der Waals surface area contributed by atoms with Crippen LogP contribution < -0.4 is 5.32 Å². The number of aliphatic hydroxyl groups excluding tert-OH is 1. The minimum atomic E-state index is -0.686. The summed E-state index contributed by atoms with van der Waals surface area (Å²) >= 11 is 1.70. The summed E-state index contributed by atoms with van der Waals surface area (Å²) < 4.78 is 5.39. The summed E-state index contributed by atoms with van der Waals surface area (Å²) in [6.45, 7) is 0.806. The fourth-order valence-electron chi connectivity index (χ4n) is 3.64. The molecule has 1 amide bonds. The molecule has 1 saturated carbocycles. The first-order chi connectivity index (χ1) is 9.69. The molecule has 0 radical (unpaired) electrons. The van der Waals surface area contributed by atoms with Crippen molar-refractivity contribution < 1.29 is 14.6 Å². The lowest BCUT2D eigenvalue weighted by atomic mass is 9.80. The third kappa shape index (κ3) is 2.84. The van der Waals surface area contributed by atoms with Crippen LogP contribution in [0.5, 0.6) is 0 Å². The number of carbonyl (C=O) groups is 1. The van der Waals surface area contributed by atoms with E-state index in [1.807, 2.05) is 4.90 Å². The molecule has 3 rings (SSSR count). The lowest BCUT2D eigenvalue weighted by Gasteiger charge is -2.40. The van der Waals surface area contributed by atoms with Crippen LogP contribution in [0.1, 0.15) is 32.1 Å². The molecule has 3 fully saturated rings. The van der Waals surface area contributed by atoms with E-state index in [0.29, 0.717) is 12.0 Å². The molecule has 0 aromatic heterocycles. The van der Waals surface area contributed by atoms with E-state index in [4.69, 9.17) is 4.74 Å². The molecule has 0 spiro atoms. The molecule has 3 atom stereocenters. The highest BCUT2D eigenvalue weighted by molar-refractivity contribution is 8.00. The molecule has 6 heteroatoms. The number of aliphatic hydroxyl groups is 1. The summed E-state index contributed by atoms with van der Waals surface area (Å²) in [4.78, 5) is 14.4. The van der Waals surface area contributed by atoms with Crippen molar-refractivity contribution in [1.29, 1.82) is 0 Å². The fraction of sp³-hybridized carbons (Fsp3) is 0.929. The van der Waals surface area contributed by atoms with Gasteiger partial charge in [0.15, 0.2) is 0 Å². The molecule has 2 heterocycles. The van der Waals surface area contributed by atoms with Crippen LogP contribution in [0.2, 0.25) is 0 Å². The van der Waals surface area contributed by atoms with E-state index < -0.39 is 6.23 Å². The smallest absolute Gasteiger partial charge is 0.231 e. The Hall–Kier alpha value is -0.300. The van der Waals surface area contributed by atoms with Crippen LogP contribution in [0.15, 0.2) is 0 Å². The van der Waals surface area contributed by atoms with Gasteiger partial charge >= 0.3 is 0 Å². The van der Waals surface area contributed by atoms with E-state index in [0.717, 1.165) is 44.4 Å². The van der Waals surface area contributed by atoms with Crippen LogP contribution in [0.3, 0.4) is 0 Å². The van der Waals surface area contributed by atoms with Gasteiger partial charge in [0.05, 0.1) is 12.0 Å². The number of hydrogen-bond donors (Lipinski definition) is 2. The zero-order chi connectivity index (χ0) is 14.1. The van der Waals surface area contributed by atoms with Gasteiger partial charge in [-0.25, -0.2) is 0 Å². The maximum Gasteiger partial charge on any atom is 0.231 e. The first-order valence-corrected chi connectivity index (χ1v) is 8.63. The molecule has 0 bridgehead atoms. The second-order valence-corrected chi connectivity index (χ2v) is 7.28. The van der Waals surface area contributed by atoms with Crippen LogP contribution in [0, 0.1) is 11.8 Å². The largest absolute Gasteiger partial charge is 0.381 e. The number of thioether (sulfide) groups is 1. The molecule has 2 N–H and O–H groups in total. The topological polar surface area (TPSA) is 61.8 Å². The third-order valence-corrected chi connectivity index (χ3v) is 6.02. The van der Waals surface area contributed by atoms with Crippen molar-refractivity contribution in [3.63, 3.8) is 0 Å². The Morgan fingerprint density at radius 1 is 1.40 bits per heavy atom. The van der Waals surface area contributed by atoms with E-state index in [1.54, 1.807) is 18.9 Å². The Morgan fingerprint density at radius 2 is 2.15 bits per heavy atom. The fourth-order valence-corrected chi connectivity index (χ4v) is 4.79. The van der Waals surface area contributed by atoms with Gasteiger partial charge in [-0.15, -0.1) is 11.8 Å². The highest BCUT2D eigenvalue weighted by atomic mass is 32.2. The SMILES string of the molecule is COC1CCC(CC2C(=O)N3CCSC3NC2O)CC1. The number of rotatable bonds is 3. The summed E-state index contributed by atoms with van der Waals surface area (Å²) in [5.74, 6) is 1.37. The second-order valence-electron chi connectivity index (χ2n) is 6.09. The number of amides is 1. The van der Waals surface area contributed by atoms with Crippen molar-refractivity contribution in [3.05, 3.63) is 0 Å². The summed E-state index contributed by atoms with van der Waals surface area (Å²) in [7, 11) is 1.77. The number of methoxy groups -OCH3 is 1. The average molecular weight is 300 g/mol. The van der Waals surface area contributed by atoms with Crippen LogP contribution in [-0.4, -0.2) is 53.2 Å². The molecular weight excluding hydrogens is 276 g/mol. The van der Waals surface area contributed by atoms with Crippen molar-refractivity contribution in [3.8, 4) is 0 Å². The van der Waals surface area contributed by atoms with Crippen LogP contribution in [0.25, 0.3) is 0 Å². The zero-order valence-electron chi connectivity index (χ0n) is 12.0. The molecular formula is C14H24N2O3S. The van der Waals surface area contributed by atoms with Crippen molar-refractivity contribution in [2.45, 2.75) is 49.9 Å². The zero-order valence-corrected chi connectivity index (χ0v) is 12.8. The van der Waals surface area contributed by atoms with E-state index in [-0.39, 0.29) is 17.3 Å². The Kier molecular flexibility index (Phi) is 4.55. The lowest BCUT2D eigenvalue weighted by Crippen LogP contribution is -2.60. The second kappa shape index (κ2) is 6.22. The first kappa shape index (κ1) is 14.6. The summed E-state index contributed by atoms with van der Waals surface area (Å²) in [5.41, 5.74) is -0.0158. The van der Waals surface area contributed by atoms with Crippen molar-refractivity contribution in [1.82, 2.24) is 10.2 Å². The number of ether oxygens (including phenoxy) is 1. The highest BCUT2D eigenvalue weighted by Crippen LogP contribution is 2.35. The van der Waals surface area contributed by atoms with Crippen molar-refractivity contribution in [2.24, 2.45) is 11.8 Å². The van der Waals surface area contributed by atoms with Crippen molar-refractivity contribution >= 4 is 17.7 Å². The van der Waals surface area contributed by atoms with E-state index in [1.165, 1.54) is 0 Å². The van der Waals surface area contributed by atoms with Crippen LogP contribution >= 0.6 is 11.8 Å². The van der Waals surface area contributed by atoms with Gasteiger partial charge in [-0.2, -0.15) is 0 Å². The van der Waals surface area contributed by atoms with Gasteiger partial charge in [0.25, 0.3) is 0 Å². The van der Waals surface area contributed by atoms with Crippen LogP contribution in [-0.2, 0) is 9.53 Å². The number of nitrogens with zero attached hydrogens (tertiary/aromatic N) is 1. The highest BCUT2D eigenvalue weighted by Gasteiger charge is 2.44. The Labute approximate surface area is 124 Å².